The van der Waals surface area contributed by atoms with E-state index in [1.807, 2.05) is 0 Å². The Balaban J connectivity index is 1.82. The van der Waals surface area contributed by atoms with Crippen molar-refractivity contribution in [1.82, 2.24) is 14.1 Å². The van der Waals surface area contributed by atoms with Crippen molar-refractivity contribution in [2.75, 3.05) is 38.7 Å². The van der Waals surface area contributed by atoms with Crippen LogP contribution in [0.1, 0.15) is 17.0 Å². The van der Waals surface area contributed by atoms with Crippen LogP contribution in [0.2, 0.25) is 0 Å². The predicted octanol–water partition coefficient (Wildman–Crippen LogP) is 1.56. The van der Waals surface area contributed by atoms with E-state index in [1.54, 1.807) is 0 Å². The van der Waals surface area contributed by atoms with Gasteiger partial charge in [-0.1, -0.05) is 0 Å². The van der Waals surface area contributed by atoms with Gasteiger partial charge in [0.25, 0.3) is 5.91 Å². The lowest BCUT2D eigenvalue weighted by Gasteiger charge is -2.26. The molecule has 1 aromatic carbocycles. The third-order valence-corrected chi connectivity index (χ3v) is 5.96. The summed E-state index contributed by atoms with van der Waals surface area (Å²) in [7, 11) is -2.42. The van der Waals surface area contributed by atoms with Crippen LogP contribution in [-0.4, -0.2) is 61.8 Å². The Labute approximate surface area is 159 Å². The number of amides is 1. The van der Waals surface area contributed by atoms with Crippen LogP contribution in [0.4, 0.5) is 14.5 Å². The lowest BCUT2D eigenvalue weighted by molar-refractivity contribution is 0.0561. The summed E-state index contributed by atoms with van der Waals surface area (Å²) in [6.07, 6.45) is 0.981. The van der Waals surface area contributed by atoms with Crippen molar-refractivity contribution in [2.45, 2.75) is 11.4 Å². The van der Waals surface area contributed by atoms with E-state index < -0.39 is 22.5 Å². The van der Waals surface area contributed by atoms with Crippen molar-refractivity contribution in [2.24, 2.45) is 0 Å². The molecule has 9 nitrogen and oxygen atoms in total. The molecular weight excluding hydrogens is 398 g/mol. The van der Waals surface area contributed by atoms with Gasteiger partial charge in [0.2, 0.25) is 10.0 Å². The van der Waals surface area contributed by atoms with Crippen molar-refractivity contribution < 1.29 is 31.5 Å². The molecule has 1 aliphatic rings. The van der Waals surface area contributed by atoms with Gasteiger partial charge < -0.3 is 14.8 Å². The molecule has 2 aromatic rings. The summed E-state index contributed by atoms with van der Waals surface area (Å²) in [5, 5.41) is 5.95. The minimum absolute atomic E-state index is 0.00577. The largest absolute Gasteiger partial charge is 0.495 e. The summed E-state index contributed by atoms with van der Waals surface area (Å²) in [6, 6.07) is 5.14. The molecule has 1 amide bonds. The van der Waals surface area contributed by atoms with Gasteiger partial charge in [0, 0.05) is 25.4 Å². The molecule has 28 heavy (non-hydrogen) atoms. The smallest absolute Gasteiger partial charge is 0.333 e. The molecule has 0 radical (unpaired) electrons. The SMILES string of the molecule is COc1cc(S(=O)(=O)N2CCOCC2)ccc1NC(=O)c1ccn(C(F)F)n1. The molecule has 152 valence electrons. The number of hydrogen-bond acceptors (Lipinski definition) is 6. The zero-order valence-corrected chi connectivity index (χ0v) is 15.7. The molecule has 0 atom stereocenters. The van der Waals surface area contributed by atoms with Crippen molar-refractivity contribution >= 4 is 21.6 Å². The molecule has 3 rings (SSSR count). The van der Waals surface area contributed by atoms with Gasteiger partial charge >= 0.3 is 6.55 Å². The highest BCUT2D eigenvalue weighted by Crippen LogP contribution is 2.29. The number of rotatable bonds is 6. The van der Waals surface area contributed by atoms with Crippen LogP contribution in [0.25, 0.3) is 0 Å². The van der Waals surface area contributed by atoms with Crippen LogP contribution in [0.15, 0.2) is 35.4 Å². The standard InChI is InChI=1S/C16H18F2N4O5S/c1-26-14-10-11(28(24,25)21-6-8-27-9-7-21)2-3-12(14)19-15(23)13-4-5-22(20-13)16(17)18/h2-5,10,16H,6-9H2,1H3,(H,19,23). The summed E-state index contributed by atoms with van der Waals surface area (Å²) in [5.74, 6) is -0.627. The third-order valence-electron chi connectivity index (χ3n) is 4.07. The molecule has 0 bridgehead atoms. The highest BCUT2D eigenvalue weighted by molar-refractivity contribution is 7.89. The first-order chi connectivity index (χ1) is 13.3. The number of carbonyl (C=O) groups is 1. The highest BCUT2D eigenvalue weighted by atomic mass is 32.2. The number of alkyl halides is 2. The van der Waals surface area contributed by atoms with Gasteiger partial charge in [0.05, 0.1) is 30.9 Å². The fraction of sp³-hybridized carbons (Fsp3) is 0.375. The van der Waals surface area contributed by atoms with E-state index in [0.29, 0.717) is 17.9 Å². The van der Waals surface area contributed by atoms with E-state index in [4.69, 9.17) is 9.47 Å². The Morgan fingerprint density at radius 3 is 2.61 bits per heavy atom. The molecule has 0 aliphatic carbocycles. The van der Waals surface area contributed by atoms with Crippen LogP contribution in [0, 0.1) is 0 Å². The van der Waals surface area contributed by atoms with Gasteiger partial charge in [0.15, 0.2) is 5.69 Å². The summed E-state index contributed by atoms with van der Waals surface area (Å²) < 4.78 is 62.6. The number of benzene rings is 1. The van der Waals surface area contributed by atoms with Crippen LogP contribution in [0.5, 0.6) is 5.75 Å². The molecule has 2 heterocycles. The average Bonchev–Trinajstić information content (AvgIpc) is 3.19. The number of aromatic nitrogens is 2. The monoisotopic (exact) mass is 416 g/mol. The van der Waals surface area contributed by atoms with Gasteiger partial charge in [-0.15, -0.1) is 0 Å². The van der Waals surface area contributed by atoms with Crippen LogP contribution in [0.3, 0.4) is 0 Å². The molecule has 1 saturated heterocycles. The minimum Gasteiger partial charge on any atom is -0.495 e. The van der Waals surface area contributed by atoms with E-state index in [9.17, 15) is 22.0 Å². The first-order valence-electron chi connectivity index (χ1n) is 8.23. The Morgan fingerprint density at radius 1 is 1.29 bits per heavy atom. The molecule has 1 fully saturated rings. The lowest BCUT2D eigenvalue weighted by atomic mass is 10.2. The molecule has 1 aromatic heterocycles. The van der Waals surface area contributed by atoms with Crippen LogP contribution < -0.4 is 10.1 Å². The third kappa shape index (κ3) is 4.13. The quantitative estimate of drug-likeness (QED) is 0.767. The second kappa shape index (κ2) is 8.20. The number of halogens is 2. The van der Waals surface area contributed by atoms with Crippen molar-refractivity contribution in [3.05, 3.63) is 36.2 Å². The number of carbonyl (C=O) groups excluding carboxylic acids is 1. The number of nitrogens with one attached hydrogen (secondary N) is 1. The maximum Gasteiger partial charge on any atom is 0.333 e. The number of ether oxygens (including phenoxy) is 2. The molecular formula is C16H18F2N4O5S. The second-order valence-electron chi connectivity index (χ2n) is 5.79. The Hall–Kier alpha value is -2.57. The molecule has 1 N–H and O–H groups in total. The fourth-order valence-electron chi connectivity index (χ4n) is 2.63. The van der Waals surface area contributed by atoms with Crippen molar-refractivity contribution in [3.8, 4) is 5.75 Å². The van der Waals surface area contributed by atoms with Gasteiger partial charge in [0.1, 0.15) is 5.75 Å². The van der Waals surface area contributed by atoms with Gasteiger partial charge in [-0.3, -0.25) is 4.79 Å². The van der Waals surface area contributed by atoms with E-state index in [2.05, 4.69) is 10.4 Å². The van der Waals surface area contributed by atoms with E-state index in [0.717, 1.165) is 12.3 Å². The first kappa shape index (κ1) is 20.2. The first-order valence-corrected chi connectivity index (χ1v) is 9.67. The van der Waals surface area contributed by atoms with Crippen LogP contribution >= 0.6 is 0 Å². The Bertz CT molecular complexity index is 958. The molecule has 0 unspecified atom stereocenters. The van der Waals surface area contributed by atoms with E-state index >= 15 is 0 Å². The van der Waals surface area contributed by atoms with Gasteiger partial charge in [-0.25, -0.2) is 13.1 Å². The number of hydrogen-bond donors (Lipinski definition) is 1. The summed E-state index contributed by atoms with van der Waals surface area (Å²) in [4.78, 5) is 12.2. The summed E-state index contributed by atoms with van der Waals surface area (Å²) >= 11 is 0. The zero-order valence-electron chi connectivity index (χ0n) is 14.8. The molecule has 12 heteroatoms. The Morgan fingerprint density at radius 2 is 2.00 bits per heavy atom. The lowest BCUT2D eigenvalue weighted by Crippen LogP contribution is -2.40. The summed E-state index contributed by atoms with van der Waals surface area (Å²) in [6.45, 7) is -1.74. The van der Waals surface area contributed by atoms with Crippen LogP contribution in [-0.2, 0) is 14.8 Å². The van der Waals surface area contributed by atoms with E-state index in [-0.39, 0.29) is 35.1 Å². The second-order valence-corrected chi connectivity index (χ2v) is 7.73. The number of nitrogens with zero attached hydrogens (tertiary/aromatic N) is 3. The van der Waals surface area contributed by atoms with Crippen molar-refractivity contribution in [1.29, 1.82) is 0 Å². The normalized spacial score (nSPS) is 15.6. The summed E-state index contributed by atoms with van der Waals surface area (Å²) in [5.41, 5.74) is -0.0348. The Kier molecular flexibility index (Phi) is 5.91. The van der Waals surface area contributed by atoms with Crippen molar-refractivity contribution in [3.63, 3.8) is 0 Å². The highest BCUT2D eigenvalue weighted by Gasteiger charge is 2.27. The number of methoxy groups -OCH3 is 1. The maximum atomic E-state index is 12.7. The average molecular weight is 416 g/mol. The number of anilines is 1. The maximum absolute atomic E-state index is 12.7. The number of morpholine rings is 1. The number of sulfonamides is 1. The predicted molar refractivity (Wildman–Crippen MR) is 94.0 cm³/mol. The van der Waals surface area contributed by atoms with Gasteiger partial charge in [-0.2, -0.15) is 18.2 Å². The molecule has 0 saturated carbocycles. The van der Waals surface area contributed by atoms with Gasteiger partial charge in [-0.05, 0) is 18.2 Å². The molecule has 1 aliphatic heterocycles. The fourth-order valence-corrected chi connectivity index (χ4v) is 4.05. The van der Waals surface area contributed by atoms with E-state index in [1.165, 1.54) is 29.6 Å². The topological polar surface area (TPSA) is 103 Å². The molecule has 0 spiro atoms. The zero-order chi connectivity index (χ0) is 20.3. The minimum atomic E-state index is -3.74.